The first-order valence-corrected chi connectivity index (χ1v) is 7.32. The van der Waals surface area contributed by atoms with Crippen molar-refractivity contribution in [1.82, 2.24) is 5.32 Å². The number of fused-ring (bicyclic) bond motifs is 1. The van der Waals surface area contributed by atoms with E-state index in [0.717, 1.165) is 29.4 Å². The summed E-state index contributed by atoms with van der Waals surface area (Å²) in [5.41, 5.74) is 0.741. The second kappa shape index (κ2) is 7.09. The fraction of sp³-hybridized carbons (Fsp3) is 0.353. The molecule has 0 saturated carbocycles. The topological polar surface area (TPSA) is 61.4 Å². The number of phenols is 1. The van der Waals surface area contributed by atoms with E-state index in [9.17, 15) is 9.90 Å². The van der Waals surface area contributed by atoms with Crippen molar-refractivity contribution in [2.75, 3.05) is 11.9 Å². The van der Waals surface area contributed by atoms with Crippen LogP contribution in [0.4, 0.5) is 5.69 Å². The number of aromatic hydroxyl groups is 1. The molecule has 0 spiro atoms. The van der Waals surface area contributed by atoms with E-state index in [-0.39, 0.29) is 11.7 Å². The molecular formula is C17H22N2O2. The molecule has 0 heterocycles. The number of rotatable bonds is 6. The van der Waals surface area contributed by atoms with Gasteiger partial charge in [0.1, 0.15) is 5.75 Å². The van der Waals surface area contributed by atoms with E-state index in [2.05, 4.69) is 24.5 Å². The number of nitrogens with one attached hydrogen (secondary N) is 2. The van der Waals surface area contributed by atoms with Crippen molar-refractivity contribution in [3.63, 3.8) is 0 Å². The first-order chi connectivity index (χ1) is 10.1. The number of carbonyl (C=O) groups is 1. The van der Waals surface area contributed by atoms with E-state index in [1.807, 2.05) is 24.3 Å². The Labute approximate surface area is 125 Å². The lowest BCUT2D eigenvalue weighted by molar-refractivity contribution is -0.116. The zero-order valence-corrected chi connectivity index (χ0v) is 12.5. The number of phenolic OH excluding ortho intramolecular Hbond substituents is 1. The molecule has 2 aromatic rings. The van der Waals surface area contributed by atoms with E-state index in [4.69, 9.17) is 0 Å². The molecule has 0 unspecified atom stereocenters. The molecule has 21 heavy (non-hydrogen) atoms. The predicted octanol–water partition coefficient (Wildman–Crippen LogP) is 3.26. The summed E-state index contributed by atoms with van der Waals surface area (Å²) in [6.07, 6.45) is 1.29. The van der Waals surface area contributed by atoms with Crippen molar-refractivity contribution < 1.29 is 9.90 Å². The standard InChI is InChI=1S/C17H22N2O2/c1-12(2)18-11-5-10-17(21)19-15-8-3-7-14-13(15)6-4-9-16(14)20/h3-4,6-9,12,18,20H,5,10-11H2,1-2H3,(H,19,21). The highest BCUT2D eigenvalue weighted by atomic mass is 16.3. The highest BCUT2D eigenvalue weighted by molar-refractivity contribution is 6.03. The molecule has 0 radical (unpaired) electrons. The van der Waals surface area contributed by atoms with E-state index < -0.39 is 0 Å². The summed E-state index contributed by atoms with van der Waals surface area (Å²) >= 11 is 0. The molecule has 0 atom stereocenters. The number of benzene rings is 2. The van der Waals surface area contributed by atoms with Crippen molar-refractivity contribution in [2.24, 2.45) is 0 Å². The van der Waals surface area contributed by atoms with Gasteiger partial charge < -0.3 is 15.7 Å². The van der Waals surface area contributed by atoms with Gasteiger partial charge in [0.05, 0.1) is 0 Å². The summed E-state index contributed by atoms with van der Waals surface area (Å²) in [5, 5.41) is 17.6. The molecule has 0 aliphatic rings. The monoisotopic (exact) mass is 286 g/mol. The molecular weight excluding hydrogens is 264 g/mol. The van der Waals surface area contributed by atoms with E-state index in [1.165, 1.54) is 0 Å². The minimum absolute atomic E-state index is 0.00333. The fourth-order valence-electron chi connectivity index (χ4n) is 2.25. The summed E-state index contributed by atoms with van der Waals surface area (Å²) in [6, 6.07) is 11.3. The van der Waals surface area contributed by atoms with Gasteiger partial charge >= 0.3 is 0 Å². The minimum atomic E-state index is -0.00333. The molecule has 2 aromatic carbocycles. The largest absolute Gasteiger partial charge is 0.507 e. The Balaban J connectivity index is 2.00. The molecule has 0 bridgehead atoms. The number of amides is 1. The van der Waals surface area contributed by atoms with Gasteiger partial charge in [-0.1, -0.05) is 38.1 Å². The Morgan fingerprint density at radius 3 is 2.62 bits per heavy atom. The Morgan fingerprint density at radius 2 is 1.86 bits per heavy atom. The molecule has 4 nitrogen and oxygen atoms in total. The first kappa shape index (κ1) is 15.3. The van der Waals surface area contributed by atoms with Gasteiger partial charge in [0.2, 0.25) is 5.91 Å². The van der Waals surface area contributed by atoms with Crippen molar-refractivity contribution >= 4 is 22.4 Å². The average Bonchev–Trinajstić information content (AvgIpc) is 2.45. The maximum Gasteiger partial charge on any atom is 0.224 e. The highest BCUT2D eigenvalue weighted by Crippen LogP contribution is 2.29. The van der Waals surface area contributed by atoms with Gasteiger partial charge in [-0.05, 0) is 25.1 Å². The van der Waals surface area contributed by atoms with Crippen molar-refractivity contribution in [3.8, 4) is 5.75 Å². The second-order valence-corrected chi connectivity index (χ2v) is 5.44. The maximum atomic E-state index is 12.0. The van der Waals surface area contributed by atoms with Crippen LogP contribution in [-0.2, 0) is 4.79 Å². The molecule has 0 saturated heterocycles. The second-order valence-electron chi connectivity index (χ2n) is 5.44. The third-order valence-electron chi connectivity index (χ3n) is 3.31. The van der Waals surface area contributed by atoms with Crippen LogP contribution in [-0.4, -0.2) is 23.6 Å². The number of hydrogen-bond donors (Lipinski definition) is 3. The molecule has 0 aromatic heterocycles. The molecule has 0 fully saturated rings. The normalized spacial score (nSPS) is 11.0. The summed E-state index contributed by atoms with van der Waals surface area (Å²) in [6.45, 7) is 5.01. The zero-order chi connectivity index (χ0) is 15.2. The molecule has 1 amide bonds. The third-order valence-corrected chi connectivity index (χ3v) is 3.31. The van der Waals surface area contributed by atoms with E-state index in [0.29, 0.717) is 12.5 Å². The summed E-state index contributed by atoms with van der Waals surface area (Å²) < 4.78 is 0. The lowest BCUT2D eigenvalue weighted by atomic mass is 10.1. The van der Waals surface area contributed by atoms with Crippen LogP contribution >= 0.6 is 0 Å². The van der Waals surface area contributed by atoms with Gasteiger partial charge in [-0.15, -0.1) is 0 Å². The number of hydrogen-bond acceptors (Lipinski definition) is 3. The van der Waals surface area contributed by atoms with Gasteiger partial charge in [-0.25, -0.2) is 0 Å². The Hall–Kier alpha value is -2.07. The van der Waals surface area contributed by atoms with Crippen LogP contribution in [0.25, 0.3) is 10.8 Å². The van der Waals surface area contributed by atoms with Crippen LogP contribution in [0.2, 0.25) is 0 Å². The Bertz CT molecular complexity index is 623. The SMILES string of the molecule is CC(C)NCCCC(=O)Nc1cccc2c(O)cccc12. The van der Waals surface area contributed by atoms with Crippen LogP contribution in [0.15, 0.2) is 36.4 Å². The van der Waals surface area contributed by atoms with Gasteiger partial charge in [-0.2, -0.15) is 0 Å². The van der Waals surface area contributed by atoms with Crippen LogP contribution in [0.3, 0.4) is 0 Å². The molecule has 3 N–H and O–H groups in total. The fourth-order valence-corrected chi connectivity index (χ4v) is 2.25. The Kier molecular flexibility index (Phi) is 5.17. The zero-order valence-electron chi connectivity index (χ0n) is 12.5. The lowest BCUT2D eigenvalue weighted by Gasteiger charge is -2.10. The van der Waals surface area contributed by atoms with Crippen LogP contribution < -0.4 is 10.6 Å². The van der Waals surface area contributed by atoms with E-state index in [1.54, 1.807) is 12.1 Å². The summed E-state index contributed by atoms with van der Waals surface area (Å²) in [7, 11) is 0. The predicted molar refractivity (Wildman–Crippen MR) is 86.6 cm³/mol. The van der Waals surface area contributed by atoms with Crippen LogP contribution in [0.1, 0.15) is 26.7 Å². The molecule has 2 rings (SSSR count). The maximum absolute atomic E-state index is 12.0. The highest BCUT2D eigenvalue weighted by Gasteiger charge is 2.07. The third kappa shape index (κ3) is 4.20. The quantitative estimate of drug-likeness (QED) is 0.714. The van der Waals surface area contributed by atoms with Gasteiger partial charge in [0.25, 0.3) is 0 Å². The molecule has 0 aliphatic heterocycles. The van der Waals surface area contributed by atoms with Crippen molar-refractivity contribution in [2.45, 2.75) is 32.7 Å². The van der Waals surface area contributed by atoms with Crippen molar-refractivity contribution in [1.29, 1.82) is 0 Å². The molecule has 112 valence electrons. The van der Waals surface area contributed by atoms with E-state index >= 15 is 0 Å². The Morgan fingerprint density at radius 1 is 1.14 bits per heavy atom. The number of carbonyl (C=O) groups excluding carboxylic acids is 1. The number of anilines is 1. The van der Waals surface area contributed by atoms with Crippen molar-refractivity contribution in [3.05, 3.63) is 36.4 Å². The van der Waals surface area contributed by atoms with Gasteiger partial charge in [-0.3, -0.25) is 4.79 Å². The smallest absolute Gasteiger partial charge is 0.224 e. The van der Waals surface area contributed by atoms with Crippen LogP contribution in [0.5, 0.6) is 5.75 Å². The molecule has 4 heteroatoms. The minimum Gasteiger partial charge on any atom is -0.507 e. The average molecular weight is 286 g/mol. The summed E-state index contributed by atoms with van der Waals surface area (Å²) in [4.78, 5) is 12.0. The lowest BCUT2D eigenvalue weighted by Crippen LogP contribution is -2.24. The molecule has 0 aliphatic carbocycles. The van der Waals surface area contributed by atoms with Gasteiger partial charge in [0, 0.05) is 28.9 Å². The summed E-state index contributed by atoms with van der Waals surface area (Å²) in [5.74, 6) is 0.223. The van der Waals surface area contributed by atoms with Gasteiger partial charge in [0.15, 0.2) is 0 Å². The first-order valence-electron chi connectivity index (χ1n) is 7.32. The van der Waals surface area contributed by atoms with Crippen LogP contribution in [0, 0.1) is 0 Å².